The topological polar surface area (TPSA) is 55.4 Å². The Bertz CT molecular complexity index is 608. The first-order chi connectivity index (χ1) is 9.70. The van der Waals surface area contributed by atoms with E-state index in [9.17, 15) is 9.59 Å². The molecule has 0 saturated carbocycles. The molecule has 1 amide bonds. The minimum absolute atomic E-state index is 0.223. The molecule has 102 valence electrons. The van der Waals surface area contributed by atoms with E-state index in [1.54, 1.807) is 18.2 Å². The van der Waals surface area contributed by atoms with Crippen LogP contribution in [-0.4, -0.2) is 19.0 Å². The number of carbonyl (C=O) groups is 2. The molecule has 1 N–H and O–H groups in total. The van der Waals surface area contributed by atoms with Crippen molar-refractivity contribution in [3.05, 3.63) is 71.3 Å². The zero-order chi connectivity index (χ0) is 14.4. The maximum Gasteiger partial charge on any atom is 0.337 e. The summed E-state index contributed by atoms with van der Waals surface area (Å²) in [6.45, 7) is 0.447. The number of nitrogens with one attached hydrogen (secondary N) is 1. The van der Waals surface area contributed by atoms with Gasteiger partial charge >= 0.3 is 5.97 Å². The van der Waals surface area contributed by atoms with E-state index >= 15 is 0 Å². The van der Waals surface area contributed by atoms with Crippen molar-refractivity contribution in [2.24, 2.45) is 0 Å². The number of rotatable bonds is 4. The summed E-state index contributed by atoms with van der Waals surface area (Å²) in [4.78, 5) is 23.4. The highest BCUT2D eigenvalue weighted by Crippen LogP contribution is 2.07. The fourth-order valence-corrected chi connectivity index (χ4v) is 1.79. The van der Waals surface area contributed by atoms with Crippen molar-refractivity contribution < 1.29 is 14.3 Å². The molecule has 0 spiro atoms. The molecule has 0 bridgehead atoms. The maximum absolute atomic E-state index is 12.0. The Morgan fingerprint density at radius 1 is 1.00 bits per heavy atom. The molecule has 0 heterocycles. The zero-order valence-corrected chi connectivity index (χ0v) is 11.1. The summed E-state index contributed by atoms with van der Waals surface area (Å²) in [6.07, 6.45) is 0. The lowest BCUT2D eigenvalue weighted by atomic mass is 10.1. The van der Waals surface area contributed by atoms with Crippen molar-refractivity contribution in [3.63, 3.8) is 0 Å². The van der Waals surface area contributed by atoms with Crippen molar-refractivity contribution in [1.29, 1.82) is 0 Å². The lowest BCUT2D eigenvalue weighted by molar-refractivity contribution is 0.0600. The third kappa shape index (κ3) is 3.45. The molecule has 0 aliphatic carbocycles. The molecular formula is C16H15NO3. The first kappa shape index (κ1) is 13.8. The minimum Gasteiger partial charge on any atom is -0.465 e. The number of methoxy groups -OCH3 is 1. The predicted molar refractivity (Wildman–Crippen MR) is 75.4 cm³/mol. The summed E-state index contributed by atoms with van der Waals surface area (Å²) in [5, 5.41) is 2.81. The summed E-state index contributed by atoms with van der Waals surface area (Å²) in [5.74, 6) is -0.678. The van der Waals surface area contributed by atoms with Gasteiger partial charge in [0.15, 0.2) is 0 Å². The molecule has 2 aromatic carbocycles. The summed E-state index contributed by atoms with van der Waals surface area (Å²) < 4.78 is 4.63. The summed E-state index contributed by atoms with van der Waals surface area (Å²) in [6, 6.07) is 16.1. The lowest BCUT2D eigenvalue weighted by Crippen LogP contribution is -2.23. The van der Waals surface area contributed by atoms with Crippen LogP contribution in [0.25, 0.3) is 0 Å². The first-order valence-corrected chi connectivity index (χ1v) is 6.21. The van der Waals surface area contributed by atoms with Crippen LogP contribution in [-0.2, 0) is 11.3 Å². The normalized spacial score (nSPS) is 9.85. The van der Waals surface area contributed by atoms with Gasteiger partial charge in [-0.1, -0.05) is 36.4 Å². The van der Waals surface area contributed by atoms with Gasteiger partial charge in [-0.2, -0.15) is 0 Å². The van der Waals surface area contributed by atoms with Gasteiger partial charge in [0.2, 0.25) is 0 Å². The Balaban J connectivity index is 2.04. The van der Waals surface area contributed by atoms with Crippen LogP contribution in [0.1, 0.15) is 26.3 Å². The van der Waals surface area contributed by atoms with E-state index < -0.39 is 5.97 Å². The highest BCUT2D eigenvalue weighted by atomic mass is 16.5. The third-order valence-electron chi connectivity index (χ3n) is 2.84. The fourth-order valence-electron chi connectivity index (χ4n) is 1.79. The molecule has 0 aliphatic rings. The molecule has 0 saturated heterocycles. The average molecular weight is 269 g/mol. The summed E-state index contributed by atoms with van der Waals surface area (Å²) >= 11 is 0. The van der Waals surface area contributed by atoms with E-state index in [0.29, 0.717) is 17.7 Å². The molecule has 0 unspecified atom stereocenters. The van der Waals surface area contributed by atoms with Crippen LogP contribution in [0.15, 0.2) is 54.6 Å². The van der Waals surface area contributed by atoms with E-state index in [4.69, 9.17) is 0 Å². The number of amides is 1. The molecular weight excluding hydrogens is 254 g/mol. The first-order valence-electron chi connectivity index (χ1n) is 6.21. The van der Waals surface area contributed by atoms with Gasteiger partial charge in [-0.3, -0.25) is 4.79 Å². The van der Waals surface area contributed by atoms with Crippen LogP contribution in [0.4, 0.5) is 0 Å². The quantitative estimate of drug-likeness (QED) is 0.867. The monoisotopic (exact) mass is 269 g/mol. The smallest absolute Gasteiger partial charge is 0.337 e. The largest absolute Gasteiger partial charge is 0.465 e. The number of benzene rings is 2. The predicted octanol–water partition coefficient (Wildman–Crippen LogP) is 2.40. The third-order valence-corrected chi connectivity index (χ3v) is 2.84. The van der Waals surface area contributed by atoms with Crippen LogP contribution in [0.3, 0.4) is 0 Å². The second kappa shape index (κ2) is 6.52. The standard InChI is InChI=1S/C16H15NO3/c1-20-16(19)14-9-5-8-13(10-14)15(18)17-11-12-6-3-2-4-7-12/h2-10H,11H2,1H3,(H,17,18). The average Bonchev–Trinajstić information content (AvgIpc) is 2.53. The molecule has 0 aliphatic heterocycles. The van der Waals surface area contributed by atoms with Crippen LogP contribution < -0.4 is 5.32 Å². The molecule has 2 rings (SSSR count). The zero-order valence-electron chi connectivity index (χ0n) is 11.1. The molecule has 0 aromatic heterocycles. The molecule has 2 aromatic rings. The Morgan fingerprint density at radius 2 is 1.70 bits per heavy atom. The Labute approximate surface area is 117 Å². The fraction of sp³-hybridized carbons (Fsp3) is 0.125. The summed E-state index contributed by atoms with van der Waals surface area (Å²) in [7, 11) is 1.31. The number of esters is 1. The number of carbonyl (C=O) groups excluding carboxylic acids is 2. The van der Waals surface area contributed by atoms with Crippen molar-refractivity contribution in [2.75, 3.05) is 7.11 Å². The number of hydrogen-bond donors (Lipinski definition) is 1. The van der Waals surface area contributed by atoms with Crippen molar-refractivity contribution >= 4 is 11.9 Å². The van der Waals surface area contributed by atoms with Crippen molar-refractivity contribution in [3.8, 4) is 0 Å². The second-order valence-corrected chi connectivity index (χ2v) is 4.24. The van der Waals surface area contributed by atoms with E-state index in [-0.39, 0.29) is 5.91 Å². The number of hydrogen-bond acceptors (Lipinski definition) is 3. The van der Waals surface area contributed by atoms with Gasteiger partial charge in [0.1, 0.15) is 0 Å². The Hall–Kier alpha value is -2.62. The van der Waals surface area contributed by atoms with Gasteiger partial charge in [-0.25, -0.2) is 4.79 Å². The maximum atomic E-state index is 12.0. The Kier molecular flexibility index (Phi) is 4.50. The van der Waals surface area contributed by atoms with Gasteiger partial charge in [0.05, 0.1) is 12.7 Å². The van der Waals surface area contributed by atoms with Crippen LogP contribution in [0, 0.1) is 0 Å². The van der Waals surface area contributed by atoms with Crippen molar-refractivity contribution in [1.82, 2.24) is 5.32 Å². The summed E-state index contributed by atoms with van der Waals surface area (Å²) in [5.41, 5.74) is 1.81. The van der Waals surface area contributed by atoms with E-state index in [2.05, 4.69) is 10.1 Å². The van der Waals surface area contributed by atoms with Crippen LogP contribution in [0.2, 0.25) is 0 Å². The highest BCUT2D eigenvalue weighted by Gasteiger charge is 2.10. The number of ether oxygens (including phenoxy) is 1. The molecule has 4 heteroatoms. The van der Waals surface area contributed by atoms with Crippen LogP contribution in [0.5, 0.6) is 0 Å². The van der Waals surface area contributed by atoms with Crippen molar-refractivity contribution in [2.45, 2.75) is 6.54 Å². The van der Waals surface area contributed by atoms with Gasteiger partial charge < -0.3 is 10.1 Å². The SMILES string of the molecule is COC(=O)c1cccc(C(=O)NCc2ccccc2)c1. The van der Waals surface area contributed by atoms with Gasteiger partial charge in [-0.05, 0) is 23.8 Å². The molecule has 4 nitrogen and oxygen atoms in total. The molecule has 0 radical (unpaired) electrons. The van der Waals surface area contributed by atoms with Gasteiger partial charge in [0, 0.05) is 12.1 Å². The highest BCUT2D eigenvalue weighted by molar-refractivity contribution is 5.97. The van der Waals surface area contributed by atoms with E-state index in [1.807, 2.05) is 30.3 Å². The molecule has 0 fully saturated rings. The second-order valence-electron chi connectivity index (χ2n) is 4.24. The van der Waals surface area contributed by atoms with Gasteiger partial charge in [0.25, 0.3) is 5.91 Å². The Morgan fingerprint density at radius 3 is 2.40 bits per heavy atom. The molecule has 0 atom stereocenters. The van der Waals surface area contributed by atoms with E-state index in [0.717, 1.165) is 5.56 Å². The lowest BCUT2D eigenvalue weighted by Gasteiger charge is -2.06. The van der Waals surface area contributed by atoms with E-state index in [1.165, 1.54) is 13.2 Å². The molecule has 20 heavy (non-hydrogen) atoms. The van der Waals surface area contributed by atoms with Crippen LogP contribution >= 0.6 is 0 Å². The minimum atomic E-state index is -0.456. The van der Waals surface area contributed by atoms with Gasteiger partial charge in [-0.15, -0.1) is 0 Å².